The lowest BCUT2D eigenvalue weighted by molar-refractivity contribution is 0.597. The molecule has 0 aliphatic heterocycles. The monoisotopic (exact) mass is 338 g/mol. The minimum absolute atomic E-state index is 0.315. The predicted molar refractivity (Wildman–Crippen MR) is 89.0 cm³/mol. The van der Waals surface area contributed by atoms with Gasteiger partial charge in [0, 0.05) is 11.1 Å². The summed E-state index contributed by atoms with van der Waals surface area (Å²) in [6.07, 6.45) is 0. The Hall–Kier alpha value is -2.72. The molecule has 5 heteroatoms. The molecule has 0 saturated heterocycles. The molecule has 0 atom stereocenters. The van der Waals surface area contributed by atoms with E-state index in [2.05, 4.69) is 12.1 Å². The molecule has 0 saturated carbocycles. The first-order chi connectivity index (χ1) is 11.1. The molecule has 0 N–H and O–H groups in total. The molecular weight excluding hydrogens is 331 g/mol. The summed E-state index contributed by atoms with van der Waals surface area (Å²) in [6, 6.07) is 17.9. The molecule has 1 aromatic heterocycles. The summed E-state index contributed by atoms with van der Waals surface area (Å²) >= 11 is 12.6. The van der Waals surface area contributed by atoms with E-state index >= 15 is 0 Å². The van der Waals surface area contributed by atoms with Crippen LogP contribution in [0.5, 0.6) is 0 Å². The van der Waals surface area contributed by atoms with Crippen LogP contribution in [0.25, 0.3) is 22.6 Å². The van der Waals surface area contributed by atoms with Gasteiger partial charge in [-0.2, -0.15) is 10.5 Å². The molecule has 3 nitrogen and oxygen atoms in total. The van der Waals surface area contributed by atoms with Crippen molar-refractivity contribution >= 4 is 23.2 Å². The molecule has 23 heavy (non-hydrogen) atoms. The van der Waals surface area contributed by atoms with Gasteiger partial charge in [0.25, 0.3) is 0 Å². The van der Waals surface area contributed by atoms with E-state index in [0.717, 1.165) is 11.1 Å². The van der Waals surface area contributed by atoms with E-state index in [4.69, 9.17) is 38.1 Å². The van der Waals surface area contributed by atoms with Gasteiger partial charge >= 0.3 is 0 Å². The van der Waals surface area contributed by atoms with Gasteiger partial charge in [0.05, 0.1) is 23.3 Å². The SMILES string of the molecule is N#Cc1ccc(-c2oc(-c3ccc(C#N)cc3)c(Cl)c2Cl)cc1. The summed E-state index contributed by atoms with van der Waals surface area (Å²) in [5.41, 5.74) is 2.57. The van der Waals surface area contributed by atoms with Gasteiger partial charge in [-0.3, -0.25) is 0 Å². The van der Waals surface area contributed by atoms with Gasteiger partial charge in [-0.15, -0.1) is 0 Å². The van der Waals surface area contributed by atoms with Crippen molar-refractivity contribution in [1.29, 1.82) is 10.5 Å². The first-order valence-electron chi connectivity index (χ1n) is 6.63. The maximum absolute atomic E-state index is 8.85. The van der Waals surface area contributed by atoms with Gasteiger partial charge in [0.2, 0.25) is 0 Å². The van der Waals surface area contributed by atoms with Crippen molar-refractivity contribution < 1.29 is 4.42 Å². The molecule has 0 aliphatic rings. The number of rotatable bonds is 2. The molecule has 0 aliphatic carbocycles. The molecular formula is C18H8Cl2N2O. The first-order valence-corrected chi connectivity index (χ1v) is 7.38. The first kappa shape index (κ1) is 15.2. The van der Waals surface area contributed by atoms with Crippen molar-refractivity contribution in [3.63, 3.8) is 0 Å². The Morgan fingerprint density at radius 2 is 1.00 bits per heavy atom. The van der Waals surface area contributed by atoms with E-state index in [0.29, 0.717) is 32.7 Å². The van der Waals surface area contributed by atoms with Gasteiger partial charge in [-0.05, 0) is 48.5 Å². The normalized spacial score (nSPS) is 10.1. The van der Waals surface area contributed by atoms with Crippen LogP contribution >= 0.6 is 23.2 Å². The Morgan fingerprint density at radius 1 is 0.652 bits per heavy atom. The Bertz CT molecular complexity index is 865. The Kier molecular flexibility index (Phi) is 4.08. The van der Waals surface area contributed by atoms with Crippen LogP contribution in [0.1, 0.15) is 11.1 Å². The highest BCUT2D eigenvalue weighted by Crippen LogP contribution is 2.43. The molecule has 2 aromatic carbocycles. The second-order valence-electron chi connectivity index (χ2n) is 4.77. The number of hydrogen-bond donors (Lipinski definition) is 0. The molecule has 0 radical (unpaired) electrons. The van der Waals surface area contributed by atoms with Crippen molar-refractivity contribution in [2.75, 3.05) is 0 Å². The summed E-state index contributed by atoms with van der Waals surface area (Å²) in [6.45, 7) is 0. The number of furan rings is 1. The summed E-state index contributed by atoms with van der Waals surface area (Å²) in [5, 5.41) is 18.3. The average Bonchev–Trinajstić information content (AvgIpc) is 2.91. The molecule has 0 bridgehead atoms. The Morgan fingerprint density at radius 3 is 1.30 bits per heavy atom. The van der Waals surface area contributed by atoms with E-state index in [1.165, 1.54) is 0 Å². The quantitative estimate of drug-likeness (QED) is 0.605. The average molecular weight is 339 g/mol. The van der Waals surface area contributed by atoms with Gasteiger partial charge in [0.1, 0.15) is 10.0 Å². The zero-order valence-electron chi connectivity index (χ0n) is 11.7. The van der Waals surface area contributed by atoms with Crippen LogP contribution in [-0.2, 0) is 0 Å². The Balaban J connectivity index is 2.07. The van der Waals surface area contributed by atoms with E-state index in [1.54, 1.807) is 48.5 Å². The maximum atomic E-state index is 8.85. The number of hydrogen-bond acceptors (Lipinski definition) is 3. The smallest absolute Gasteiger partial charge is 0.155 e. The molecule has 0 unspecified atom stereocenters. The lowest BCUT2D eigenvalue weighted by atomic mass is 10.1. The topological polar surface area (TPSA) is 60.7 Å². The van der Waals surface area contributed by atoms with Crippen molar-refractivity contribution in [2.24, 2.45) is 0 Å². The van der Waals surface area contributed by atoms with E-state index in [1.807, 2.05) is 0 Å². The fraction of sp³-hybridized carbons (Fsp3) is 0. The highest BCUT2D eigenvalue weighted by Gasteiger charge is 2.20. The second-order valence-corrected chi connectivity index (χ2v) is 5.52. The fourth-order valence-corrected chi connectivity index (χ4v) is 2.62. The van der Waals surface area contributed by atoms with Crippen molar-refractivity contribution in [3.8, 4) is 34.8 Å². The maximum Gasteiger partial charge on any atom is 0.155 e. The summed E-state index contributed by atoms with van der Waals surface area (Å²) < 4.78 is 5.83. The molecule has 110 valence electrons. The van der Waals surface area contributed by atoms with Crippen LogP contribution in [0.15, 0.2) is 52.9 Å². The van der Waals surface area contributed by atoms with Crippen LogP contribution < -0.4 is 0 Å². The third-order valence-corrected chi connectivity index (χ3v) is 4.17. The number of halogens is 2. The van der Waals surface area contributed by atoms with Gasteiger partial charge in [-0.1, -0.05) is 23.2 Å². The molecule has 0 spiro atoms. The highest BCUT2D eigenvalue weighted by atomic mass is 35.5. The van der Waals surface area contributed by atoms with Gasteiger partial charge < -0.3 is 4.42 Å². The van der Waals surface area contributed by atoms with Crippen molar-refractivity contribution in [1.82, 2.24) is 0 Å². The van der Waals surface area contributed by atoms with Gasteiger partial charge in [0.15, 0.2) is 11.5 Å². The predicted octanol–water partition coefficient (Wildman–Crippen LogP) is 5.66. The largest absolute Gasteiger partial charge is 0.453 e. The van der Waals surface area contributed by atoms with Gasteiger partial charge in [-0.25, -0.2) is 0 Å². The van der Waals surface area contributed by atoms with Crippen LogP contribution in [0.2, 0.25) is 10.0 Å². The van der Waals surface area contributed by atoms with Crippen molar-refractivity contribution in [2.45, 2.75) is 0 Å². The third kappa shape index (κ3) is 2.81. The number of nitriles is 2. The lowest BCUT2D eigenvalue weighted by Gasteiger charge is -1.99. The molecule has 3 aromatic rings. The van der Waals surface area contributed by atoms with E-state index in [-0.39, 0.29) is 0 Å². The number of nitrogens with zero attached hydrogens (tertiary/aromatic N) is 2. The summed E-state index contributed by atoms with van der Waals surface area (Å²) in [5.74, 6) is 0.890. The van der Waals surface area contributed by atoms with Crippen LogP contribution in [-0.4, -0.2) is 0 Å². The minimum Gasteiger partial charge on any atom is -0.453 e. The minimum atomic E-state index is 0.315. The Labute approximate surface area is 142 Å². The zero-order valence-corrected chi connectivity index (χ0v) is 13.2. The molecule has 0 amide bonds. The lowest BCUT2D eigenvalue weighted by Crippen LogP contribution is -1.77. The molecule has 3 rings (SSSR count). The molecule has 0 fully saturated rings. The van der Waals surface area contributed by atoms with Crippen LogP contribution in [0, 0.1) is 22.7 Å². The van der Waals surface area contributed by atoms with E-state index in [9.17, 15) is 0 Å². The second kappa shape index (κ2) is 6.18. The van der Waals surface area contributed by atoms with E-state index < -0.39 is 0 Å². The summed E-state index contributed by atoms with van der Waals surface area (Å²) in [4.78, 5) is 0. The highest BCUT2D eigenvalue weighted by molar-refractivity contribution is 6.45. The molecule has 1 heterocycles. The van der Waals surface area contributed by atoms with Crippen LogP contribution in [0.3, 0.4) is 0 Å². The summed E-state index contributed by atoms with van der Waals surface area (Å²) in [7, 11) is 0. The third-order valence-electron chi connectivity index (χ3n) is 3.35. The number of benzene rings is 2. The standard InChI is InChI=1S/C18H8Cl2N2O/c19-15-16(20)18(14-7-3-12(10-22)4-8-14)23-17(15)13-5-1-11(9-21)2-6-13/h1-8H. The van der Waals surface area contributed by atoms with Crippen LogP contribution in [0.4, 0.5) is 0 Å². The zero-order chi connectivity index (χ0) is 16.4. The fourth-order valence-electron chi connectivity index (χ4n) is 2.15. The van der Waals surface area contributed by atoms with Crippen molar-refractivity contribution in [3.05, 3.63) is 69.7 Å².